The molecule has 2 rings (SSSR count). The molecule has 6 heteroatoms. The van der Waals surface area contributed by atoms with Crippen molar-refractivity contribution >= 4 is 16.5 Å². The van der Waals surface area contributed by atoms with Gasteiger partial charge in [0.1, 0.15) is 5.01 Å². The lowest BCUT2D eigenvalue weighted by molar-refractivity contribution is 0.250. The third-order valence-electron chi connectivity index (χ3n) is 3.47. The van der Waals surface area contributed by atoms with E-state index in [1.807, 2.05) is 0 Å². The highest BCUT2D eigenvalue weighted by molar-refractivity contribution is 7.15. The Labute approximate surface area is 113 Å². The summed E-state index contributed by atoms with van der Waals surface area (Å²) < 4.78 is 0. The van der Waals surface area contributed by atoms with Gasteiger partial charge in [0.15, 0.2) is 0 Å². The first-order valence-electron chi connectivity index (χ1n) is 6.55. The van der Waals surface area contributed by atoms with E-state index in [0.717, 1.165) is 42.2 Å². The molecular formula is C12H23N5S. The van der Waals surface area contributed by atoms with Gasteiger partial charge in [0, 0.05) is 25.7 Å². The minimum atomic E-state index is 0.658. The van der Waals surface area contributed by atoms with Gasteiger partial charge in [-0.25, -0.2) is 0 Å². The van der Waals surface area contributed by atoms with Crippen LogP contribution >= 0.6 is 11.3 Å². The largest absolute Gasteiger partial charge is 0.360 e. The van der Waals surface area contributed by atoms with Crippen molar-refractivity contribution in [1.29, 1.82) is 0 Å². The molecule has 18 heavy (non-hydrogen) atoms. The van der Waals surface area contributed by atoms with Crippen molar-refractivity contribution in [3.63, 3.8) is 0 Å². The standard InChI is InChI=1S/C12H23N5S/c1-5-13-12-15-14-11(18-12)8-17-6-9(2)10(7-17)16(3)4/h9-10H,5-8H2,1-4H3,(H,13,15). The number of likely N-dealkylation sites (N-methyl/N-ethyl adjacent to an activating group) is 1. The summed E-state index contributed by atoms with van der Waals surface area (Å²) in [5.74, 6) is 0.723. The van der Waals surface area contributed by atoms with Crippen LogP contribution in [-0.2, 0) is 6.54 Å². The number of rotatable bonds is 5. The molecule has 0 bridgehead atoms. The molecule has 1 aromatic heterocycles. The minimum absolute atomic E-state index is 0.658. The topological polar surface area (TPSA) is 44.3 Å². The van der Waals surface area contributed by atoms with Crippen LogP contribution in [0.2, 0.25) is 0 Å². The molecule has 0 saturated carbocycles. The van der Waals surface area contributed by atoms with Crippen molar-refractivity contribution in [2.24, 2.45) is 5.92 Å². The molecule has 1 N–H and O–H groups in total. The van der Waals surface area contributed by atoms with Gasteiger partial charge in [0.25, 0.3) is 0 Å². The lowest BCUT2D eigenvalue weighted by atomic mass is 10.1. The van der Waals surface area contributed by atoms with E-state index in [1.54, 1.807) is 11.3 Å². The van der Waals surface area contributed by atoms with Gasteiger partial charge in [0.2, 0.25) is 5.13 Å². The molecule has 1 aliphatic rings. The van der Waals surface area contributed by atoms with Gasteiger partial charge in [-0.2, -0.15) is 0 Å². The van der Waals surface area contributed by atoms with Crippen molar-refractivity contribution in [2.45, 2.75) is 26.4 Å². The number of anilines is 1. The molecular weight excluding hydrogens is 246 g/mol. The molecule has 102 valence electrons. The maximum atomic E-state index is 4.24. The fourth-order valence-corrected chi connectivity index (χ4v) is 3.43. The molecule has 2 atom stereocenters. The summed E-state index contributed by atoms with van der Waals surface area (Å²) in [6.45, 7) is 8.51. The molecule has 0 spiro atoms. The van der Waals surface area contributed by atoms with Crippen LogP contribution in [-0.4, -0.2) is 59.8 Å². The van der Waals surface area contributed by atoms with Crippen molar-refractivity contribution in [1.82, 2.24) is 20.0 Å². The van der Waals surface area contributed by atoms with E-state index in [-0.39, 0.29) is 0 Å². The van der Waals surface area contributed by atoms with Crippen molar-refractivity contribution in [3.8, 4) is 0 Å². The molecule has 0 aromatic carbocycles. The summed E-state index contributed by atoms with van der Waals surface area (Å²) in [5, 5.41) is 13.6. The van der Waals surface area contributed by atoms with Crippen LogP contribution in [0.5, 0.6) is 0 Å². The van der Waals surface area contributed by atoms with Crippen LogP contribution in [0.25, 0.3) is 0 Å². The lowest BCUT2D eigenvalue weighted by Crippen LogP contribution is -2.34. The Hall–Kier alpha value is -0.720. The van der Waals surface area contributed by atoms with Gasteiger partial charge in [0.05, 0.1) is 6.54 Å². The predicted octanol–water partition coefficient (Wildman–Crippen LogP) is 1.35. The molecule has 0 radical (unpaired) electrons. The Morgan fingerprint density at radius 2 is 2.17 bits per heavy atom. The quantitative estimate of drug-likeness (QED) is 0.874. The Bertz CT molecular complexity index is 378. The van der Waals surface area contributed by atoms with Gasteiger partial charge in [-0.3, -0.25) is 4.90 Å². The van der Waals surface area contributed by atoms with Crippen LogP contribution < -0.4 is 5.32 Å². The second kappa shape index (κ2) is 5.95. The highest BCUT2D eigenvalue weighted by Gasteiger charge is 2.31. The summed E-state index contributed by atoms with van der Waals surface area (Å²) in [7, 11) is 4.33. The zero-order valence-electron chi connectivity index (χ0n) is 11.7. The van der Waals surface area contributed by atoms with Crippen molar-refractivity contribution in [2.75, 3.05) is 39.0 Å². The van der Waals surface area contributed by atoms with Gasteiger partial charge >= 0.3 is 0 Å². The number of hydrogen-bond acceptors (Lipinski definition) is 6. The van der Waals surface area contributed by atoms with Gasteiger partial charge in [-0.1, -0.05) is 18.3 Å². The number of aromatic nitrogens is 2. The molecule has 1 aliphatic heterocycles. The summed E-state index contributed by atoms with van der Waals surface area (Å²) in [4.78, 5) is 4.81. The molecule has 2 heterocycles. The van der Waals surface area contributed by atoms with Crippen LogP contribution in [0.4, 0.5) is 5.13 Å². The fourth-order valence-electron chi connectivity index (χ4n) is 2.58. The van der Waals surface area contributed by atoms with Gasteiger partial charge in [-0.15, -0.1) is 10.2 Å². The van der Waals surface area contributed by atoms with Crippen molar-refractivity contribution in [3.05, 3.63) is 5.01 Å². The Morgan fingerprint density at radius 1 is 1.39 bits per heavy atom. The predicted molar refractivity (Wildman–Crippen MR) is 76.0 cm³/mol. The lowest BCUT2D eigenvalue weighted by Gasteiger charge is -2.22. The zero-order chi connectivity index (χ0) is 13.1. The van der Waals surface area contributed by atoms with Crippen LogP contribution in [0.1, 0.15) is 18.9 Å². The maximum Gasteiger partial charge on any atom is 0.205 e. The summed E-state index contributed by atoms with van der Waals surface area (Å²) >= 11 is 1.67. The highest BCUT2D eigenvalue weighted by Crippen LogP contribution is 2.23. The molecule has 0 amide bonds. The highest BCUT2D eigenvalue weighted by atomic mass is 32.1. The number of likely N-dealkylation sites (tertiary alicyclic amines) is 1. The molecule has 0 aliphatic carbocycles. The average Bonchev–Trinajstić information content (AvgIpc) is 2.87. The molecule has 1 aromatic rings. The van der Waals surface area contributed by atoms with E-state index in [9.17, 15) is 0 Å². The smallest absolute Gasteiger partial charge is 0.205 e. The third-order valence-corrected chi connectivity index (χ3v) is 4.33. The second-order valence-corrected chi connectivity index (χ2v) is 6.30. The summed E-state index contributed by atoms with van der Waals surface area (Å²) in [5.41, 5.74) is 0. The molecule has 5 nitrogen and oxygen atoms in total. The van der Waals surface area contributed by atoms with E-state index >= 15 is 0 Å². The van der Waals surface area contributed by atoms with Crippen LogP contribution in [0.3, 0.4) is 0 Å². The summed E-state index contributed by atoms with van der Waals surface area (Å²) in [6.07, 6.45) is 0. The fraction of sp³-hybridized carbons (Fsp3) is 0.833. The van der Waals surface area contributed by atoms with E-state index in [2.05, 4.69) is 53.3 Å². The van der Waals surface area contributed by atoms with Crippen LogP contribution in [0.15, 0.2) is 0 Å². The van der Waals surface area contributed by atoms with E-state index < -0.39 is 0 Å². The van der Waals surface area contributed by atoms with Crippen LogP contribution in [0, 0.1) is 5.92 Å². The second-order valence-electron chi connectivity index (χ2n) is 5.23. The van der Waals surface area contributed by atoms with E-state index in [4.69, 9.17) is 0 Å². The first-order chi connectivity index (χ1) is 8.60. The number of hydrogen-bond donors (Lipinski definition) is 1. The Morgan fingerprint density at radius 3 is 2.78 bits per heavy atom. The maximum absolute atomic E-state index is 4.24. The first kappa shape index (κ1) is 13.7. The Balaban J connectivity index is 1.90. The average molecular weight is 269 g/mol. The number of nitrogens with one attached hydrogen (secondary N) is 1. The van der Waals surface area contributed by atoms with E-state index in [0.29, 0.717) is 6.04 Å². The SMILES string of the molecule is CCNc1nnc(CN2CC(C)C(N(C)C)C2)s1. The zero-order valence-corrected chi connectivity index (χ0v) is 12.5. The summed E-state index contributed by atoms with van der Waals surface area (Å²) in [6, 6.07) is 0.658. The minimum Gasteiger partial charge on any atom is -0.360 e. The van der Waals surface area contributed by atoms with Gasteiger partial charge in [-0.05, 0) is 26.9 Å². The monoisotopic (exact) mass is 269 g/mol. The normalized spacial score (nSPS) is 24.9. The van der Waals surface area contributed by atoms with Crippen molar-refractivity contribution < 1.29 is 0 Å². The number of nitrogens with zero attached hydrogens (tertiary/aromatic N) is 4. The van der Waals surface area contributed by atoms with Gasteiger partial charge < -0.3 is 10.2 Å². The molecule has 1 fully saturated rings. The Kier molecular flexibility index (Phi) is 4.53. The molecule has 2 unspecified atom stereocenters. The first-order valence-corrected chi connectivity index (χ1v) is 7.36. The van der Waals surface area contributed by atoms with E-state index in [1.165, 1.54) is 0 Å². The third kappa shape index (κ3) is 3.18. The molecule has 1 saturated heterocycles.